The van der Waals surface area contributed by atoms with Crippen LogP contribution in [0.25, 0.3) is 0 Å². The van der Waals surface area contributed by atoms with Crippen molar-refractivity contribution >= 4 is 52.6 Å². The Morgan fingerprint density at radius 1 is 1.04 bits per heavy atom. The molecule has 0 unspecified atom stereocenters. The molecule has 0 aliphatic rings. The highest BCUT2D eigenvalue weighted by Gasteiger charge is 2.04. The third-order valence-electron chi connectivity index (χ3n) is 3.57. The molecule has 0 aliphatic carbocycles. The quantitative estimate of drug-likeness (QED) is 0.543. The van der Waals surface area contributed by atoms with E-state index in [-0.39, 0.29) is 5.91 Å². The van der Waals surface area contributed by atoms with Gasteiger partial charge in [0.1, 0.15) is 0 Å². The van der Waals surface area contributed by atoms with Crippen molar-refractivity contribution in [2.24, 2.45) is 0 Å². The smallest absolute Gasteiger partial charge is 0.230 e. The number of aryl methyl sites for hydroxylation is 1. The van der Waals surface area contributed by atoms with Crippen LogP contribution in [0.2, 0.25) is 10.0 Å². The molecular formula is C19H21Cl2NOS2. The van der Waals surface area contributed by atoms with Gasteiger partial charge in [-0.3, -0.25) is 4.79 Å². The highest BCUT2D eigenvalue weighted by atomic mass is 35.5. The lowest BCUT2D eigenvalue weighted by atomic mass is 10.1. The number of carbonyl (C=O) groups is 1. The maximum atomic E-state index is 11.9. The van der Waals surface area contributed by atoms with E-state index in [1.807, 2.05) is 23.9 Å². The first-order valence-electron chi connectivity index (χ1n) is 7.97. The molecule has 0 spiro atoms. The van der Waals surface area contributed by atoms with Crippen LogP contribution in [0.5, 0.6) is 0 Å². The maximum absolute atomic E-state index is 11.9. The monoisotopic (exact) mass is 413 g/mol. The lowest BCUT2D eigenvalue weighted by Gasteiger charge is -2.07. The zero-order valence-corrected chi connectivity index (χ0v) is 17.2. The van der Waals surface area contributed by atoms with E-state index in [4.69, 9.17) is 23.2 Å². The van der Waals surface area contributed by atoms with Gasteiger partial charge in [0.15, 0.2) is 0 Å². The van der Waals surface area contributed by atoms with Crippen LogP contribution in [0.4, 0.5) is 0 Å². The molecule has 0 fully saturated rings. The Morgan fingerprint density at radius 2 is 1.84 bits per heavy atom. The second-order valence-electron chi connectivity index (χ2n) is 5.57. The fourth-order valence-electron chi connectivity index (χ4n) is 2.16. The number of halogens is 2. The summed E-state index contributed by atoms with van der Waals surface area (Å²) >= 11 is 15.3. The number of thioether (sulfide) groups is 2. The number of amides is 1. The average molecular weight is 414 g/mol. The standard InChI is InChI=1S/C19H21Cl2NOS2/c1-14-4-2-3-5-16(14)12-24-9-8-22-19(23)13-25-11-15-6-7-17(20)18(21)10-15/h2-7,10H,8-9,11-13H2,1H3,(H,22,23). The first-order chi connectivity index (χ1) is 12.1. The summed E-state index contributed by atoms with van der Waals surface area (Å²) in [6.07, 6.45) is 0. The Bertz CT molecular complexity index is 710. The van der Waals surface area contributed by atoms with Gasteiger partial charge < -0.3 is 5.32 Å². The summed E-state index contributed by atoms with van der Waals surface area (Å²) < 4.78 is 0. The molecule has 2 aromatic rings. The normalized spacial score (nSPS) is 10.7. The predicted octanol–water partition coefficient (Wildman–Crippen LogP) is 5.58. The van der Waals surface area contributed by atoms with E-state index in [2.05, 4.69) is 36.5 Å². The first-order valence-corrected chi connectivity index (χ1v) is 11.0. The highest BCUT2D eigenvalue weighted by molar-refractivity contribution is 7.99. The van der Waals surface area contributed by atoms with Crippen LogP contribution < -0.4 is 5.32 Å². The fraction of sp³-hybridized carbons (Fsp3) is 0.316. The molecule has 0 saturated heterocycles. The van der Waals surface area contributed by atoms with Gasteiger partial charge in [-0.1, -0.05) is 53.5 Å². The van der Waals surface area contributed by atoms with Gasteiger partial charge in [-0.05, 0) is 35.7 Å². The zero-order valence-electron chi connectivity index (χ0n) is 14.1. The van der Waals surface area contributed by atoms with E-state index in [9.17, 15) is 4.79 Å². The van der Waals surface area contributed by atoms with Gasteiger partial charge in [-0.15, -0.1) is 11.8 Å². The van der Waals surface area contributed by atoms with Crippen molar-refractivity contribution in [1.82, 2.24) is 5.32 Å². The largest absolute Gasteiger partial charge is 0.355 e. The zero-order chi connectivity index (χ0) is 18.1. The van der Waals surface area contributed by atoms with Crippen LogP contribution in [-0.4, -0.2) is 24.0 Å². The molecule has 2 nitrogen and oxygen atoms in total. The number of carbonyl (C=O) groups excluding carboxylic acids is 1. The van der Waals surface area contributed by atoms with Gasteiger partial charge in [0.05, 0.1) is 15.8 Å². The molecule has 0 aliphatic heterocycles. The first kappa shape index (κ1) is 20.5. The van der Waals surface area contributed by atoms with Crippen LogP contribution in [0.1, 0.15) is 16.7 Å². The summed E-state index contributed by atoms with van der Waals surface area (Å²) in [5.74, 6) is 3.16. The Morgan fingerprint density at radius 3 is 2.60 bits per heavy atom. The molecule has 0 atom stereocenters. The fourth-order valence-corrected chi connectivity index (χ4v) is 4.22. The van der Waals surface area contributed by atoms with E-state index in [0.717, 1.165) is 22.8 Å². The third-order valence-corrected chi connectivity index (χ3v) is 6.32. The molecule has 2 rings (SSSR count). The number of hydrogen-bond acceptors (Lipinski definition) is 3. The summed E-state index contributed by atoms with van der Waals surface area (Å²) in [5, 5.41) is 4.07. The second-order valence-corrected chi connectivity index (χ2v) is 8.48. The van der Waals surface area contributed by atoms with Crippen molar-refractivity contribution in [2.45, 2.75) is 18.4 Å². The summed E-state index contributed by atoms with van der Waals surface area (Å²) in [6, 6.07) is 14.0. The minimum atomic E-state index is 0.0709. The SMILES string of the molecule is Cc1ccccc1CSCCNC(=O)CSCc1ccc(Cl)c(Cl)c1. The predicted molar refractivity (Wildman–Crippen MR) is 113 cm³/mol. The molecule has 134 valence electrons. The van der Waals surface area contributed by atoms with Gasteiger partial charge in [-0.25, -0.2) is 0 Å². The summed E-state index contributed by atoms with van der Waals surface area (Å²) in [4.78, 5) is 11.9. The molecule has 0 heterocycles. The Kier molecular flexibility index (Phi) is 9.04. The Hall–Kier alpha value is -0.810. The van der Waals surface area contributed by atoms with E-state index in [1.165, 1.54) is 11.1 Å². The molecule has 1 N–H and O–H groups in total. The molecular weight excluding hydrogens is 393 g/mol. The number of rotatable bonds is 9. The minimum absolute atomic E-state index is 0.0709. The Labute approximate surface area is 168 Å². The van der Waals surface area contributed by atoms with Gasteiger partial charge in [0.25, 0.3) is 0 Å². The van der Waals surface area contributed by atoms with Crippen LogP contribution in [0.3, 0.4) is 0 Å². The van der Waals surface area contributed by atoms with Crippen LogP contribution >= 0.6 is 46.7 Å². The lowest BCUT2D eigenvalue weighted by Crippen LogP contribution is -2.27. The van der Waals surface area contributed by atoms with Crippen molar-refractivity contribution in [2.75, 3.05) is 18.1 Å². The molecule has 2 aromatic carbocycles. The summed E-state index contributed by atoms with van der Waals surface area (Å²) in [6.45, 7) is 2.82. The lowest BCUT2D eigenvalue weighted by molar-refractivity contribution is -0.118. The van der Waals surface area contributed by atoms with Crippen molar-refractivity contribution in [3.05, 3.63) is 69.2 Å². The maximum Gasteiger partial charge on any atom is 0.230 e. The van der Waals surface area contributed by atoms with Gasteiger partial charge in [-0.2, -0.15) is 11.8 Å². The van der Waals surface area contributed by atoms with Gasteiger partial charge in [0, 0.05) is 23.8 Å². The topological polar surface area (TPSA) is 29.1 Å². The molecule has 0 bridgehead atoms. The molecule has 0 saturated carbocycles. The van der Waals surface area contributed by atoms with Crippen LogP contribution in [0.15, 0.2) is 42.5 Å². The van der Waals surface area contributed by atoms with E-state index in [0.29, 0.717) is 22.3 Å². The molecule has 0 aromatic heterocycles. The summed E-state index contributed by atoms with van der Waals surface area (Å²) in [7, 11) is 0. The molecule has 6 heteroatoms. The number of hydrogen-bond donors (Lipinski definition) is 1. The highest BCUT2D eigenvalue weighted by Crippen LogP contribution is 2.24. The van der Waals surface area contributed by atoms with Gasteiger partial charge in [0.2, 0.25) is 5.91 Å². The third kappa shape index (κ3) is 7.53. The van der Waals surface area contributed by atoms with Crippen molar-refractivity contribution in [3.8, 4) is 0 Å². The second kappa shape index (κ2) is 11.0. The summed E-state index contributed by atoms with van der Waals surface area (Å²) in [5.41, 5.74) is 3.75. The van der Waals surface area contributed by atoms with E-state index < -0.39 is 0 Å². The van der Waals surface area contributed by atoms with Crippen molar-refractivity contribution < 1.29 is 4.79 Å². The van der Waals surface area contributed by atoms with Crippen molar-refractivity contribution in [3.63, 3.8) is 0 Å². The number of benzene rings is 2. The number of nitrogens with one attached hydrogen (secondary N) is 1. The van der Waals surface area contributed by atoms with Gasteiger partial charge >= 0.3 is 0 Å². The molecule has 0 radical (unpaired) electrons. The van der Waals surface area contributed by atoms with Crippen LogP contribution in [0, 0.1) is 6.92 Å². The Balaban J connectivity index is 1.56. The van der Waals surface area contributed by atoms with E-state index >= 15 is 0 Å². The van der Waals surface area contributed by atoms with E-state index in [1.54, 1.807) is 17.8 Å². The molecule has 1 amide bonds. The average Bonchev–Trinajstić information content (AvgIpc) is 2.59. The van der Waals surface area contributed by atoms with Crippen molar-refractivity contribution in [1.29, 1.82) is 0 Å². The van der Waals surface area contributed by atoms with Crippen LogP contribution in [-0.2, 0) is 16.3 Å². The molecule has 25 heavy (non-hydrogen) atoms. The minimum Gasteiger partial charge on any atom is -0.355 e.